The largest absolute Gasteiger partial charge is 0.324 e. The van der Waals surface area contributed by atoms with E-state index >= 15 is 0 Å². The van der Waals surface area contributed by atoms with Gasteiger partial charge in [-0.25, -0.2) is 12.7 Å². The van der Waals surface area contributed by atoms with Crippen molar-refractivity contribution in [2.24, 2.45) is 0 Å². The molecule has 6 nitrogen and oxygen atoms in total. The van der Waals surface area contributed by atoms with E-state index in [0.717, 1.165) is 11.1 Å². The zero-order valence-corrected chi connectivity index (χ0v) is 14.9. The first-order chi connectivity index (χ1) is 11.7. The molecule has 2 amide bonds. The van der Waals surface area contributed by atoms with Crippen molar-refractivity contribution in [3.05, 3.63) is 59.2 Å². The van der Waals surface area contributed by atoms with Crippen LogP contribution in [0.3, 0.4) is 0 Å². The Hall–Kier alpha value is -2.67. The molecule has 0 radical (unpaired) electrons. The van der Waals surface area contributed by atoms with Crippen LogP contribution in [0.4, 0.5) is 5.69 Å². The second-order valence-electron chi connectivity index (χ2n) is 6.07. The Morgan fingerprint density at radius 1 is 1.08 bits per heavy atom. The SMILES string of the molecule is Cc1ccc(NC(=O)[C@H](C)N2C(=O)c3ccccc3S2(=O)=O)cc1C. The molecule has 1 aliphatic rings. The number of amides is 2. The van der Waals surface area contributed by atoms with E-state index in [1.165, 1.54) is 19.1 Å². The second-order valence-corrected chi connectivity index (χ2v) is 7.85. The van der Waals surface area contributed by atoms with E-state index in [4.69, 9.17) is 0 Å². The maximum absolute atomic E-state index is 12.6. The van der Waals surface area contributed by atoms with E-state index in [0.29, 0.717) is 9.99 Å². The van der Waals surface area contributed by atoms with Crippen LogP contribution >= 0.6 is 0 Å². The van der Waals surface area contributed by atoms with Gasteiger partial charge in [-0.05, 0) is 56.2 Å². The Labute approximate surface area is 146 Å². The number of sulfonamides is 1. The molecule has 3 rings (SSSR count). The van der Waals surface area contributed by atoms with Crippen LogP contribution in [-0.4, -0.2) is 30.6 Å². The van der Waals surface area contributed by atoms with Crippen LogP contribution in [0.2, 0.25) is 0 Å². The standard InChI is InChI=1S/C18H18N2O4S/c1-11-8-9-14(10-12(11)2)19-17(21)13(3)20-18(22)15-6-4-5-7-16(15)25(20,23)24/h4-10,13H,1-3H3,(H,19,21)/t13-/m0/s1. The topological polar surface area (TPSA) is 83.6 Å². The fourth-order valence-corrected chi connectivity index (χ4v) is 4.48. The van der Waals surface area contributed by atoms with Crippen LogP contribution in [0.1, 0.15) is 28.4 Å². The van der Waals surface area contributed by atoms with E-state index < -0.39 is 27.9 Å². The Morgan fingerprint density at radius 3 is 2.40 bits per heavy atom. The molecule has 0 unspecified atom stereocenters. The number of aryl methyl sites for hydroxylation is 2. The molecule has 0 saturated carbocycles. The van der Waals surface area contributed by atoms with Gasteiger partial charge in [0.25, 0.3) is 15.9 Å². The lowest BCUT2D eigenvalue weighted by Crippen LogP contribution is -2.45. The first-order valence-corrected chi connectivity index (χ1v) is 9.23. The van der Waals surface area contributed by atoms with E-state index in [9.17, 15) is 18.0 Å². The van der Waals surface area contributed by atoms with Gasteiger partial charge < -0.3 is 5.32 Å². The van der Waals surface area contributed by atoms with Gasteiger partial charge in [-0.3, -0.25) is 9.59 Å². The van der Waals surface area contributed by atoms with Crippen LogP contribution in [0.25, 0.3) is 0 Å². The van der Waals surface area contributed by atoms with Gasteiger partial charge >= 0.3 is 0 Å². The zero-order chi connectivity index (χ0) is 18.4. The second kappa shape index (κ2) is 6.00. The number of fused-ring (bicyclic) bond motifs is 1. The molecule has 0 saturated heterocycles. The van der Waals surface area contributed by atoms with Gasteiger partial charge in [0.15, 0.2) is 0 Å². The van der Waals surface area contributed by atoms with Crippen molar-refractivity contribution in [1.82, 2.24) is 4.31 Å². The Bertz CT molecular complexity index is 982. The number of rotatable bonds is 3. The monoisotopic (exact) mass is 358 g/mol. The molecule has 2 aromatic rings. The number of anilines is 1. The predicted molar refractivity (Wildman–Crippen MR) is 93.8 cm³/mol. The quantitative estimate of drug-likeness (QED) is 0.914. The van der Waals surface area contributed by atoms with Gasteiger partial charge in [0.05, 0.1) is 5.56 Å². The first kappa shape index (κ1) is 17.2. The number of nitrogens with zero attached hydrogens (tertiary/aromatic N) is 1. The van der Waals surface area contributed by atoms with Crippen LogP contribution < -0.4 is 5.32 Å². The normalized spacial score (nSPS) is 16.4. The Kier molecular flexibility index (Phi) is 4.12. The third-order valence-electron chi connectivity index (χ3n) is 4.36. The molecular weight excluding hydrogens is 340 g/mol. The highest BCUT2D eigenvalue weighted by Crippen LogP contribution is 2.31. The summed E-state index contributed by atoms with van der Waals surface area (Å²) in [6, 6.07) is 10.2. The molecule has 130 valence electrons. The van der Waals surface area contributed by atoms with Gasteiger partial charge in [0, 0.05) is 5.69 Å². The van der Waals surface area contributed by atoms with Crippen molar-refractivity contribution in [3.63, 3.8) is 0 Å². The van der Waals surface area contributed by atoms with Crippen LogP contribution in [0.15, 0.2) is 47.4 Å². The number of carbonyl (C=O) groups excluding carboxylic acids is 2. The molecule has 1 N–H and O–H groups in total. The third-order valence-corrected chi connectivity index (χ3v) is 6.27. The van der Waals surface area contributed by atoms with E-state index in [1.807, 2.05) is 19.9 Å². The number of carbonyl (C=O) groups is 2. The molecule has 1 heterocycles. The third kappa shape index (κ3) is 2.80. The van der Waals surface area contributed by atoms with Gasteiger partial charge in [-0.15, -0.1) is 0 Å². The molecule has 0 spiro atoms. The molecule has 25 heavy (non-hydrogen) atoms. The minimum absolute atomic E-state index is 0.0640. The lowest BCUT2D eigenvalue weighted by atomic mass is 10.1. The number of benzene rings is 2. The first-order valence-electron chi connectivity index (χ1n) is 7.79. The average molecular weight is 358 g/mol. The molecule has 1 aliphatic heterocycles. The highest BCUT2D eigenvalue weighted by molar-refractivity contribution is 7.90. The molecular formula is C18H18N2O4S. The highest BCUT2D eigenvalue weighted by Gasteiger charge is 2.45. The van der Waals surface area contributed by atoms with Crippen LogP contribution in [0.5, 0.6) is 0 Å². The molecule has 2 aromatic carbocycles. The molecule has 7 heteroatoms. The predicted octanol–water partition coefficient (Wildman–Crippen LogP) is 2.48. The van der Waals surface area contributed by atoms with Gasteiger partial charge in [0.2, 0.25) is 5.91 Å². The van der Waals surface area contributed by atoms with Crippen LogP contribution in [0, 0.1) is 13.8 Å². The molecule has 0 bridgehead atoms. The summed E-state index contributed by atoms with van der Waals surface area (Å²) in [5, 5.41) is 2.67. The summed E-state index contributed by atoms with van der Waals surface area (Å²) in [6.45, 7) is 5.27. The summed E-state index contributed by atoms with van der Waals surface area (Å²) in [4.78, 5) is 24.9. The summed E-state index contributed by atoms with van der Waals surface area (Å²) >= 11 is 0. The van der Waals surface area contributed by atoms with Gasteiger partial charge in [-0.1, -0.05) is 18.2 Å². The maximum atomic E-state index is 12.6. The lowest BCUT2D eigenvalue weighted by molar-refractivity contribution is -0.118. The van der Waals surface area contributed by atoms with E-state index in [2.05, 4.69) is 5.32 Å². The van der Waals surface area contributed by atoms with Crippen molar-refractivity contribution in [2.75, 3.05) is 5.32 Å². The summed E-state index contributed by atoms with van der Waals surface area (Å²) in [6.07, 6.45) is 0. The number of hydrogen-bond donors (Lipinski definition) is 1. The van der Waals surface area contributed by atoms with Gasteiger partial charge in [0.1, 0.15) is 10.9 Å². The Balaban J connectivity index is 1.88. The minimum atomic E-state index is -4.02. The summed E-state index contributed by atoms with van der Waals surface area (Å²) < 4.78 is 25.9. The summed E-state index contributed by atoms with van der Waals surface area (Å²) in [5.74, 6) is -1.24. The van der Waals surface area contributed by atoms with E-state index in [1.54, 1.807) is 24.3 Å². The van der Waals surface area contributed by atoms with Gasteiger partial charge in [-0.2, -0.15) is 0 Å². The van der Waals surface area contributed by atoms with Crippen molar-refractivity contribution in [1.29, 1.82) is 0 Å². The van der Waals surface area contributed by atoms with Crippen molar-refractivity contribution >= 4 is 27.5 Å². The average Bonchev–Trinajstić information content (AvgIpc) is 2.77. The minimum Gasteiger partial charge on any atom is -0.324 e. The van der Waals surface area contributed by atoms with Crippen molar-refractivity contribution in [3.8, 4) is 0 Å². The van der Waals surface area contributed by atoms with Crippen molar-refractivity contribution in [2.45, 2.75) is 31.7 Å². The Morgan fingerprint density at radius 2 is 1.76 bits per heavy atom. The summed E-state index contributed by atoms with van der Waals surface area (Å²) in [5.41, 5.74) is 2.73. The molecule has 0 fully saturated rings. The van der Waals surface area contributed by atoms with Crippen molar-refractivity contribution < 1.29 is 18.0 Å². The maximum Gasteiger partial charge on any atom is 0.269 e. The fourth-order valence-electron chi connectivity index (χ4n) is 2.76. The smallest absolute Gasteiger partial charge is 0.269 e. The number of hydrogen-bond acceptors (Lipinski definition) is 4. The zero-order valence-electron chi connectivity index (χ0n) is 14.1. The lowest BCUT2D eigenvalue weighted by Gasteiger charge is -2.22. The molecule has 1 atom stereocenters. The summed E-state index contributed by atoms with van der Waals surface area (Å²) in [7, 11) is -4.02. The molecule has 0 aliphatic carbocycles. The fraction of sp³-hybridized carbons (Fsp3) is 0.222. The van der Waals surface area contributed by atoms with E-state index in [-0.39, 0.29) is 10.5 Å². The number of nitrogens with one attached hydrogen (secondary N) is 1. The molecule has 0 aromatic heterocycles. The van der Waals surface area contributed by atoms with Crippen LogP contribution in [-0.2, 0) is 14.8 Å². The highest BCUT2D eigenvalue weighted by atomic mass is 32.2.